The number of benzene rings is 1. The summed E-state index contributed by atoms with van der Waals surface area (Å²) in [6, 6.07) is 9.59. The summed E-state index contributed by atoms with van der Waals surface area (Å²) in [4.78, 5) is 11.3. The Morgan fingerprint density at radius 1 is 1.43 bits per heavy atom. The third kappa shape index (κ3) is 2.85. The predicted molar refractivity (Wildman–Crippen MR) is 55.0 cm³/mol. The van der Waals surface area contributed by atoms with Gasteiger partial charge in [0.25, 0.3) is 0 Å². The van der Waals surface area contributed by atoms with E-state index < -0.39 is 0 Å². The molecule has 0 bridgehead atoms. The number of esters is 1. The summed E-state index contributed by atoms with van der Waals surface area (Å²) in [5, 5.41) is 2.93. The Balaban J connectivity index is 2.62. The lowest BCUT2D eigenvalue weighted by atomic mass is 10.1. The molecule has 0 aliphatic carbocycles. The molecule has 3 nitrogen and oxygen atoms in total. The number of hydrogen-bond donors (Lipinski definition) is 1. The zero-order valence-corrected chi connectivity index (χ0v) is 8.49. The molecule has 3 heteroatoms. The number of hydrogen-bond acceptors (Lipinski definition) is 3. The molecule has 0 saturated heterocycles. The minimum atomic E-state index is -0.262. The Kier molecular flexibility index (Phi) is 4.13. The van der Waals surface area contributed by atoms with Gasteiger partial charge >= 0.3 is 5.97 Å². The Hall–Kier alpha value is -1.35. The maximum Gasteiger partial charge on any atom is 0.323 e. The zero-order valence-electron chi connectivity index (χ0n) is 8.49. The standard InChI is InChI=1S/C11H15NO2/c1-12-10(11(13)14-2)8-9-6-4-3-5-7-9/h3-7,10,12H,8H2,1-2H3/t10-/m0/s1. The van der Waals surface area contributed by atoms with Crippen LogP contribution in [-0.4, -0.2) is 26.2 Å². The van der Waals surface area contributed by atoms with Gasteiger partial charge in [-0.05, 0) is 19.0 Å². The molecule has 1 rings (SSSR count). The van der Waals surface area contributed by atoms with E-state index in [0.717, 1.165) is 5.56 Å². The van der Waals surface area contributed by atoms with Crippen molar-refractivity contribution in [2.24, 2.45) is 0 Å². The van der Waals surface area contributed by atoms with Crippen LogP contribution in [0.1, 0.15) is 5.56 Å². The Morgan fingerprint density at radius 3 is 2.57 bits per heavy atom. The minimum Gasteiger partial charge on any atom is -0.468 e. The average molecular weight is 193 g/mol. The Morgan fingerprint density at radius 2 is 2.07 bits per heavy atom. The van der Waals surface area contributed by atoms with Crippen LogP contribution in [0.5, 0.6) is 0 Å². The smallest absolute Gasteiger partial charge is 0.323 e. The van der Waals surface area contributed by atoms with Crippen molar-refractivity contribution in [3.8, 4) is 0 Å². The van der Waals surface area contributed by atoms with Crippen molar-refractivity contribution in [2.45, 2.75) is 12.5 Å². The van der Waals surface area contributed by atoms with Gasteiger partial charge in [-0.1, -0.05) is 30.3 Å². The number of likely N-dealkylation sites (N-methyl/N-ethyl adjacent to an activating group) is 1. The van der Waals surface area contributed by atoms with Crippen LogP contribution in [0.2, 0.25) is 0 Å². The number of carbonyl (C=O) groups is 1. The van der Waals surface area contributed by atoms with E-state index in [1.807, 2.05) is 30.3 Å². The normalized spacial score (nSPS) is 12.1. The number of carbonyl (C=O) groups excluding carboxylic acids is 1. The molecule has 0 amide bonds. The summed E-state index contributed by atoms with van der Waals surface area (Å²) in [6.07, 6.45) is 0.657. The molecule has 1 atom stereocenters. The molecule has 0 aromatic heterocycles. The summed E-state index contributed by atoms with van der Waals surface area (Å²) >= 11 is 0. The Bertz CT molecular complexity index is 285. The first-order chi connectivity index (χ1) is 6.77. The van der Waals surface area contributed by atoms with Gasteiger partial charge in [0.2, 0.25) is 0 Å². The van der Waals surface area contributed by atoms with E-state index in [0.29, 0.717) is 6.42 Å². The molecule has 76 valence electrons. The van der Waals surface area contributed by atoms with Crippen LogP contribution in [0, 0.1) is 0 Å². The van der Waals surface area contributed by atoms with E-state index in [1.54, 1.807) is 7.05 Å². The molecular weight excluding hydrogens is 178 g/mol. The van der Waals surface area contributed by atoms with Crippen molar-refractivity contribution in [1.29, 1.82) is 0 Å². The summed E-state index contributed by atoms with van der Waals surface area (Å²) < 4.78 is 4.67. The Labute approximate surface area is 84.1 Å². The number of rotatable bonds is 4. The molecule has 0 fully saturated rings. The van der Waals surface area contributed by atoms with Gasteiger partial charge in [0.05, 0.1) is 7.11 Å². The molecule has 0 radical (unpaired) electrons. The highest BCUT2D eigenvalue weighted by atomic mass is 16.5. The van der Waals surface area contributed by atoms with Crippen molar-refractivity contribution in [1.82, 2.24) is 5.32 Å². The van der Waals surface area contributed by atoms with E-state index in [1.165, 1.54) is 7.11 Å². The largest absolute Gasteiger partial charge is 0.468 e. The number of ether oxygens (including phenoxy) is 1. The summed E-state index contributed by atoms with van der Waals surface area (Å²) in [7, 11) is 3.15. The molecule has 0 aliphatic rings. The van der Waals surface area contributed by atoms with Gasteiger partial charge in [0.15, 0.2) is 0 Å². The molecule has 0 heterocycles. The van der Waals surface area contributed by atoms with Crippen molar-refractivity contribution < 1.29 is 9.53 Å². The van der Waals surface area contributed by atoms with Crippen molar-refractivity contribution in [3.63, 3.8) is 0 Å². The van der Waals surface area contributed by atoms with Gasteiger partial charge in [-0.25, -0.2) is 0 Å². The van der Waals surface area contributed by atoms with E-state index >= 15 is 0 Å². The number of methoxy groups -OCH3 is 1. The fraction of sp³-hybridized carbons (Fsp3) is 0.364. The molecule has 0 aliphatic heterocycles. The van der Waals surface area contributed by atoms with Gasteiger partial charge in [-0.15, -0.1) is 0 Å². The molecule has 1 aromatic carbocycles. The highest BCUT2D eigenvalue weighted by Gasteiger charge is 2.16. The summed E-state index contributed by atoms with van der Waals surface area (Å²) in [5.41, 5.74) is 1.12. The molecular formula is C11H15NO2. The molecule has 1 aromatic rings. The third-order valence-electron chi connectivity index (χ3n) is 2.12. The first-order valence-corrected chi connectivity index (χ1v) is 4.57. The second-order valence-electron chi connectivity index (χ2n) is 3.05. The summed E-state index contributed by atoms with van der Waals surface area (Å²) in [6.45, 7) is 0. The first kappa shape index (κ1) is 10.7. The van der Waals surface area contributed by atoms with E-state index in [4.69, 9.17) is 0 Å². The lowest BCUT2D eigenvalue weighted by Gasteiger charge is -2.13. The van der Waals surface area contributed by atoms with Crippen molar-refractivity contribution in [2.75, 3.05) is 14.2 Å². The van der Waals surface area contributed by atoms with Crippen LogP contribution < -0.4 is 5.32 Å². The van der Waals surface area contributed by atoms with Gasteiger partial charge in [0.1, 0.15) is 6.04 Å². The average Bonchev–Trinajstić information content (AvgIpc) is 2.26. The molecule has 0 unspecified atom stereocenters. The van der Waals surface area contributed by atoms with Gasteiger partial charge in [0, 0.05) is 0 Å². The maximum absolute atomic E-state index is 11.3. The van der Waals surface area contributed by atoms with Crippen LogP contribution in [0.4, 0.5) is 0 Å². The number of nitrogens with one attached hydrogen (secondary N) is 1. The topological polar surface area (TPSA) is 38.3 Å². The molecule has 0 saturated carbocycles. The fourth-order valence-corrected chi connectivity index (χ4v) is 1.30. The lowest BCUT2D eigenvalue weighted by molar-refractivity contribution is -0.142. The van der Waals surface area contributed by atoms with Crippen molar-refractivity contribution in [3.05, 3.63) is 35.9 Å². The summed E-state index contributed by atoms with van der Waals surface area (Å²) in [5.74, 6) is -0.226. The van der Waals surface area contributed by atoms with Crippen LogP contribution in [0.25, 0.3) is 0 Å². The minimum absolute atomic E-state index is 0.226. The monoisotopic (exact) mass is 193 g/mol. The zero-order chi connectivity index (χ0) is 10.4. The fourth-order valence-electron chi connectivity index (χ4n) is 1.30. The van der Waals surface area contributed by atoms with Crippen LogP contribution in [0.3, 0.4) is 0 Å². The first-order valence-electron chi connectivity index (χ1n) is 4.57. The maximum atomic E-state index is 11.3. The molecule has 14 heavy (non-hydrogen) atoms. The molecule has 1 N–H and O–H groups in total. The van der Waals surface area contributed by atoms with E-state index in [-0.39, 0.29) is 12.0 Å². The SMILES string of the molecule is CN[C@@H](Cc1ccccc1)C(=O)OC. The third-order valence-corrected chi connectivity index (χ3v) is 2.12. The lowest BCUT2D eigenvalue weighted by Crippen LogP contribution is -2.36. The van der Waals surface area contributed by atoms with E-state index in [2.05, 4.69) is 10.1 Å². The van der Waals surface area contributed by atoms with Crippen molar-refractivity contribution >= 4 is 5.97 Å². The molecule has 0 spiro atoms. The second kappa shape index (κ2) is 5.40. The quantitative estimate of drug-likeness (QED) is 0.725. The van der Waals surface area contributed by atoms with Crippen LogP contribution in [-0.2, 0) is 16.0 Å². The van der Waals surface area contributed by atoms with Gasteiger partial charge in [-0.2, -0.15) is 0 Å². The highest BCUT2D eigenvalue weighted by Crippen LogP contribution is 2.03. The highest BCUT2D eigenvalue weighted by molar-refractivity contribution is 5.76. The van der Waals surface area contributed by atoms with E-state index in [9.17, 15) is 4.79 Å². The second-order valence-corrected chi connectivity index (χ2v) is 3.05. The van der Waals surface area contributed by atoms with Gasteiger partial charge < -0.3 is 10.1 Å². The van der Waals surface area contributed by atoms with Crippen LogP contribution in [0.15, 0.2) is 30.3 Å². The van der Waals surface area contributed by atoms with Gasteiger partial charge in [-0.3, -0.25) is 4.79 Å². The van der Waals surface area contributed by atoms with Crippen LogP contribution >= 0.6 is 0 Å². The predicted octanol–water partition coefficient (Wildman–Crippen LogP) is 0.990.